The van der Waals surface area contributed by atoms with E-state index in [4.69, 9.17) is 20.6 Å². The number of nitrogens with one attached hydrogen (secondary N) is 1. The number of rotatable bonds is 5. The lowest BCUT2D eigenvalue weighted by atomic mass is 10.5. The van der Waals surface area contributed by atoms with Crippen molar-refractivity contribution in [1.29, 1.82) is 0 Å². The van der Waals surface area contributed by atoms with Crippen molar-refractivity contribution in [3.05, 3.63) is 0 Å². The number of nitrogens with two attached hydrogens (primary N) is 1. The fraction of sp³-hybridized carbons (Fsp3) is 0.500. The van der Waals surface area contributed by atoms with E-state index >= 15 is 0 Å². The van der Waals surface area contributed by atoms with Crippen molar-refractivity contribution in [3.8, 4) is 0 Å². The highest BCUT2D eigenvalue weighted by Crippen LogP contribution is 2.35. The fourth-order valence-electron chi connectivity index (χ4n) is 0.500. The molecule has 0 spiro atoms. The summed E-state index contributed by atoms with van der Waals surface area (Å²) in [7, 11) is -4.51. The molecule has 0 radical (unpaired) electrons. The zero-order valence-corrected chi connectivity index (χ0v) is 7.44. The maximum Gasteiger partial charge on any atom is 0.450 e. The predicted molar refractivity (Wildman–Crippen MR) is 44.2 cm³/mol. The highest BCUT2D eigenvalue weighted by atomic mass is 31.2. The molecule has 0 fully saturated rings. The van der Waals surface area contributed by atoms with Gasteiger partial charge in [0.25, 0.3) is 0 Å². The van der Waals surface area contributed by atoms with Gasteiger partial charge in [0.15, 0.2) is 0 Å². The third kappa shape index (κ3) is 8.96. The van der Waals surface area contributed by atoms with Crippen LogP contribution in [0, 0.1) is 0 Å². The molecular formula is C4H10N3O5P. The Morgan fingerprint density at radius 1 is 1.46 bits per heavy atom. The van der Waals surface area contributed by atoms with Crippen molar-refractivity contribution < 1.29 is 24.3 Å². The maximum absolute atomic E-state index is 10.2. The normalized spacial score (nSPS) is 12.9. The average molecular weight is 211 g/mol. The molecule has 0 aromatic rings. The van der Waals surface area contributed by atoms with E-state index in [1.807, 2.05) is 0 Å². The van der Waals surface area contributed by atoms with E-state index in [2.05, 4.69) is 10.1 Å². The van der Waals surface area contributed by atoms with Crippen molar-refractivity contribution in [2.45, 2.75) is 0 Å². The minimum atomic E-state index is -4.51. The molecule has 0 aliphatic rings. The van der Waals surface area contributed by atoms with Gasteiger partial charge in [0.2, 0.25) is 0 Å². The monoisotopic (exact) mass is 211 g/mol. The zero-order chi connectivity index (χ0) is 10.5. The first-order valence-corrected chi connectivity index (χ1v) is 4.70. The third-order valence-corrected chi connectivity index (χ3v) is 1.36. The number of aliphatic carboxylic acids is 1. The van der Waals surface area contributed by atoms with E-state index in [1.165, 1.54) is 0 Å². The number of carboxylic acid groups (broad SMARTS) is 1. The first-order chi connectivity index (χ1) is 5.81. The molecule has 0 bridgehead atoms. The van der Waals surface area contributed by atoms with E-state index in [1.54, 1.807) is 0 Å². The minimum absolute atomic E-state index is 0.183. The van der Waals surface area contributed by atoms with Crippen LogP contribution in [0.5, 0.6) is 0 Å². The Morgan fingerprint density at radius 3 is 2.38 bits per heavy atom. The summed E-state index contributed by atoms with van der Waals surface area (Å²) in [6.07, 6.45) is 0. The summed E-state index contributed by atoms with van der Waals surface area (Å²) >= 11 is 0. The Labute approximate surface area is 73.7 Å². The van der Waals surface area contributed by atoms with Crippen molar-refractivity contribution in [2.24, 2.45) is 10.5 Å². The molecule has 0 aromatic carbocycles. The second-order valence-corrected chi connectivity index (χ2v) is 3.33. The summed E-state index contributed by atoms with van der Waals surface area (Å²) in [4.78, 5) is 26.6. The molecule has 13 heavy (non-hydrogen) atoms. The van der Waals surface area contributed by atoms with Crippen LogP contribution in [0.2, 0.25) is 0 Å². The van der Waals surface area contributed by atoms with Gasteiger partial charge in [-0.05, 0) is 0 Å². The van der Waals surface area contributed by atoms with Crippen LogP contribution in [-0.2, 0) is 9.36 Å². The lowest BCUT2D eigenvalue weighted by molar-refractivity contribution is -0.135. The molecule has 76 valence electrons. The number of carboxylic acids is 1. The molecule has 0 heterocycles. The predicted octanol–water partition coefficient (Wildman–Crippen LogP) is -1.89. The highest BCUT2D eigenvalue weighted by Gasteiger charge is 2.10. The van der Waals surface area contributed by atoms with E-state index in [0.717, 1.165) is 0 Å². The molecule has 8 nitrogen and oxygen atoms in total. The van der Waals surface area contributed by atoms with Gasteiger partial charge in [-0.25, -0.2) is 4.57 Å². The zero-order valence-electron chi connectivity index (χ0n) is 6.54. The quantitative estimate of drug-likeness (QED) is 0.203. The smallest absolute Gasteiger partial charge is 0.450 e. The van der Waals surface area contributed by atoms with Gasteiger partial charge in [0.1, 0.15) is 5.84 Å². The lowest BCUT2D eigenvalue weighted by Crippen LogP contribution is -2.32. The molecule has 0 saturated heterocycles. The van der Waals surface area contributed by atoms with E-state index in [0.29, 0.717) is 0 Å². The first-order valence-electron chi connectivity index (χ1n) is 3.14. The number of hydrogen-bond donors (Lipinski definition) is 5. The number of amidine groups is 1. The van der Waals surface area contributed by atoms with Crippen LogP contribution in [0.3, 0.4) is 0 Å². The van der Waals surface area contributed by atoms with Gasteiger partial charge in [0.05, 0.1) is 13.1 Å². The first kappa shape index (κ1) is 12.0. The Hall–Kier alpha value is -0.950. The Morgan fingerprint density at radius 2 is 2.00 bits per heavy atom. The Kier molecular flexibility index (Phi) is 4.57. The van der Waals surface area contributed by atoms with Crippen molar-refractivity contribution in [2.75, 3.05) is 13.1 Å². The van der Waals surface area contributed by atoms with Crippen LogP contribution in [0.15, 0.2) is 4.76 Å². The van der Waals surface area contributed by atoms with Crippen LogP contribution in [0.1, 0.15) is 0 Å². The summed E-state index contributed by atoms with van der Waals surface area (Å²) in [5.74, 6) is -1.43. The number of carbonyl (C=O) groups is 1. The standard InChI is InChI=1S/C4H10N3O5P/c5-3(7-13(10,11)12)1-6-2-4(8)9/h6H,1-2H2,(H,8,9)(H4,5,7,10,11,12). The van der Waals surface area contributed by atoms with Crippen molar-refractivity contribution in [3.63, 3.8) is 0 Å². The molecule has 9 heteroatoms. The van der Waals surface area contributed by atoms with Gasteiger partial charge in [-0.1, -0.05) is 0 Å². The molecule has 0 aliphatic carbocycles. The highest BCUT2D eigenvalue weighted by molar-refractivity contribution is 7.50. The molecule has 0 amide bonds. The number of hydrogen-bond acceptors (Lipinski definition) is 3. The van der Waals surface area contributed by atoms with Gasteiger partial charge >= 0.3 is 13.7 Å². The van der Waals surface area contributed by atoms with Crippen molar-refractivity contribution in [1.82, 2.24) is 5.32 Å². The van der Waals surface area contributed by atoms with Gasteiger partial charge in [-0.15, -0.1) is 0 Å². The van der Waals surface area contributed by atoms with Gasteiger partial charge in [0, 0.05) is 0 Å². The van der Waals surface area contributed by atoms with Gasteiger partial charge in [-0.3, -0.25) is 10.1 Å². The summed E-state index contributed by atoms with van der Waals surface area (Å²) in [5, 5.41) is 10.5. The molecule has 0 aliphatic heterocycles. The average Bonchev–Trinajstić information content (AvgIpc) is 1.81. The summed E-state index contributed by atoms with van der Waals surface area (Å²) in [5.41, 5.74) is 5.05. The van der Waals surface area contributed by atoms with Gasteiger partial charge < -0.3 is 20.6 Å². The molecule has 0 aromatic heterocycles. The number of nitrogens with zero attached hydrogens (tertiary/aromatic N) is 1. The maximum atomic E-state index is 10.2. The second-order valence-electron chi connectivity index (χ2n) is 2.10. The fourth-order valence-corrected chi connectivity index (χ4v) is 0.906. The summed E-state index contributed by atoms with van der Waals surface area (Å²) in [6.45, 7) is -0.533. The van der Waals surface area contributed by atoms with E-state index in [9.17, 15) is 9.36 Å². The SMILES string of the molecule is NC(CNCC(=O)O)=NP(=O)(O)O. The van der Waals surface area contributed by atoms with Gasteiger partial charge in [-0.2, -0.15) is 4.76 Å². The second kappa shape index (κ2) is 4.93. The van der Waals surface area contributed by atoms with Crippen LogP contribution in [-0.4, -0.2) is 39.8 Å². The summed E-state index contributed by atoms with van der Waals surface area (Å²) < 4.78 is 13.0. The van der Waals surface area contributed by atoms with E-state index in [-0.39, 0.29) is 18.9 Å². The van der Waals surface area contributed by atoms with Crippen LogP contribution in [0.25, 0.3) is 0 Å². The molecule has 0 atom stereocenters. The molecule has 0 rings (SSSR count). The molecule has 6 N–H and O–H groups in total. The molecular weight excluding hydrogens is 201 g/mol. The van der Waals surface area contributed by atoms with Crippen LogP contribution in [0.4, 0.5) is 0 Å². The van der Waals surface area contributed by atoms with Crippen molar-refractivity contribution >= 4 is 19.6 Å². The minimum Gasteiger partial charge on any atom is -0.480 e. The third-order valence-electron chi connectivity index (χ3n) is 0.841. The molecule has 0 saturated carbocycles. The Balaban J connectivity index is 3.88. The van der Waals surface area contributed by atoms with E-state index < -0.39 is 13.7 Å². The topological polar surface area (TPSA) is 145 Å². The van der Waals surface area contributed by atoms with Crippen LogP contribution >= 0.6 is 7.75 Å². The Bertz CT molecular complexity index is 259. The van der Waals surface area contributed by atoms with Crippen LogP contribution < -0.4 is 11.1 Å². The lowest BCUT2D eigenvalue weighted by Gasteiger charge is -2.01. The molecule has 0 unspecified atom stereocenters. The summed E-state index contributed by atoms with van der Waals surface area (Å²) in [6, 6.07) is 0. The largest absolute Gasteiger partial charge is 0.480 e.